The molecule has 0 fully saturated rings. The lowest BCUT2D eigenvalue weighted by Gasteiger charge is -2.02. The lowest BCUT2D eigenvalue weighted by atomic mass is 10.1. The van der Waals surface area contributed by atoms with Crippen LogP contribution in [0.15, 0.2) is 48.7 Å². The number of rotatable bonds is 13. The molecule has 0 aliphatic rings. The quantitative estimate of drug-likeness (QED) is 0.128. The summed E-state index contributed by atoms with van der Waals surface area (Å²) in [5, 5.41) is 0. The van der Waals surface area contributed by atoms with Crippen molar-refractivity contribution in [2.75, 3.05) is 0 Å². The topological polar surface area (TPSA) is 56.3 Å². The molecule has 0 aliphatic heterocycles. The molecule has 170 valence electrons. The average Bonchev–Trinajstić information content (AvgIpc) is 2.70. The first kappa shape index (κ1) is 30.4. The molecule has 0 saturated carbocycles. The second-order valence-electron chi connectivity index (χ2n) is 7.49. The highest BCUT2D eigenvalue weighted by Gasteiger charge is 2.10. The van der Waals surface area contributed by atoms with E-state index in [0.29, 0.717) is 0 Å². The molecule has 0 aliphatic carbocycles. The van der Waals surface area contributed by atoms with Crippen molar-refractivity contribution in [2.45, 2.75) is 91.4 Å². The number of carbonyl (C=O) groups is 2. The average molecular weight is 483 g/mol. The molecule has 0 atom stereocenters. The Labute approximate surface area is 194 Å². The number of halogens is 1. The predicted molar refractivity (Wildman–Crippen MR) is 131 cm³/mol. The van der Waals surface area contributed by atoms with Gasteiger partial charge in [0.15, 0.2) is 0 Å². The predicted octanol–water partition coefficient (Wildman–Crippen LogP) is 7.33. The molecule has 0 aromatic carbocycles. The Bertz CT molecular complexity index is 590. The van der Waals surface area contributed by atoms with Crippen LogP contribution in [0.25, 0.3) is 0 Å². The summed E-state index contributed by atoms with van der Waals surface area (Å²) >= 11 is 0. The lowest BCUT2D eigenvalue weighted by Crippen LogP contribution is -2.12. The fourth-order valence-corrected chi connectivity index (χ4v) is 2.60. The van der Waals surface area contributed by atoms with Gasteiger partial charge in [0, 0.05) is 23.0 Å². The summed E-state index contributed by atoms with van der Waals surface area (Å²) in [5.74, 6) is -1.42. The van der Waals surface area contributed by atoms with Crippen LogP contribution in [0.3, 0.4) is 0 Å². The third-order valence-electron chi connectivity index (χ3n) is 4.39. The van der Waals surface area contributed by atoms with E-state index in [4.69, 9.17) is 0 Å². The Kier molecular flexibility index (Phi) is 20.8. The van der Waals surface area contributed by atoms with E-state index in [9.17, 15) is 9.59 Å². The second-order valence-corrected chi connectivity index (χ2v) is 7.49. The van der Waals surface area contributed by atoms with Gasteiger partial charge in [-0.05, 0) is 38.8 Å². The molecule has 1 aromatic heterocycles. The number of nitrogens with zero attached hydrogens (tertiary/aromatic N) is 1. The maximum absolute atomic E-state index is 10.7. The van der Waals surface area contributed by atoms with Gasteiger partial charge in [-0.1, -0.05) is 83.9 Å². The number of hydrogen-bond acceptors (Lipinski definition) is 4. The van der Waals surface area contributed by atoms with Crippen molar-refractivity contribution in [3.8, 4) is 0 Å². The summed E-state index contributed by atoms with van der Waals surface area (Å²) in [6.45, 7) is 11.8. The standard InChI is InChI=1S/C17H29N.C8H10O3.BrH/c1-2-3-4-5-6-7-8-9-10-11-14-17-15-12-13-16-18-17;1-5(2)7(9)11-8(10)6(3)4;/h12-13,15-16H,2-11,14H2,1H3;1,3H2,2,4H3;1H. The van der Waals surface area contributed by atoms with Gasteiger partial charge < -0.3 is 4.74 Å². The van der Waals surface area contributed by atoms with Crippen LogP contribution in [0.4, 0.5) is 0 Å². The Balaban J connectivity index is 0. The lowest BCUT2D eigenvalue weighted by molar-refractivity contribution is -0.153. The van der Waals surface area contributed by atoms with E-state index >= 15 is 0 Å². The van der Waals surface area contributed by atoms with E-state index < -0.39 is 11.9 Å². The van der Waals surface area contributed by atoms with Crippen LogP contribution in [0.1, 0.15) is 90.7 Å². The number of aromatic nitrogens is 1. The summed E-state index contributed by atoms with van der Waals surface area (Å²) in [7, 11) is 0. The van der Waals surface area contributed by atoms with Gasteiger partial charge in [0.05, 0.1) is 0 Å². The van der Waals surface area contributed by atoms with Crippen molar-refractivity contribution in [2.24, 2.45) is 0 Å². The van der Waals surface area contributed by atoms with Gasteiger partial charge in [-0.2, -0.15) is 0 Å². The SMILES string of the molecule is Br.C=C(C)C(=O)OC(=O)C(=C)C.CCCCCCCCCCCCc1ccccn1. The van der Waals surface area contributed by atoms with Crippen molar-refractivity contribution in [3.05, 3.63) is 54.4 Å². The van der Waals surface area contributed by atoms with Crippen molar-refractivity contribution in [1.82, 2.24) is 4.98 Å². The van der Waals surface area contributed by atoms with Crippen LogP contribution >= 0.6 is 17.0 Å². The Morgan fingerprint density at radius 3 is 1.70 bits per heavy atom. The maximum Gasteiger partial charge on any atom is 0.340 e. The number of unbranched alkanes of at least 4 members (excludes halogenated alkanes) is 9. The van der Waals surface area contributed by atoms with Crippen LogP contribution in [0, 0.1) is 0 Å². The maximum atomic E-state index is 10.7. The Morgan fingerprint density at radius 1 is 0.833 bits per heavy atom. The summed E-state index contributed by atoms with van der Waals surface area (Å²) in [4.78, 5) is 25.7. The molecule has 5 heteroatoms. The third-order valence-corrected chi connectivity index (χ3v) is 4.39. The van der Waals surface area contributed by atoms with E-state index in [0.717, 1.165) is 6.42 Å². The van der Waals surface area contributed by atoms with Gasteiger partial charge in [0.1, 0.15) is 0 Å². The zero-order valence-electron chi connectivity index (χ0n) is 19.1. The number of carbonyl (C=O) groups excluding carboxylic acids is 2. The Hall–Kier alpha value is -1.75. The minimum atomic E-state index is -0.710. The molecule has 1 heterocycles. The van der Waals surface area contributed by atoms with Crippen LogP contribution in [0.5, 0.6) is 0 Å². The van der Waals surface area contributed by atoms with Crippen LogP contribution in [-0.2, 0) is 20.7 Å². The number of pyridine rings is 1. The zero-order valence-corrected chi connectivity index (χ0v) is 20.8. The molecule has 1 rings (SSSR count). The third kappa shape index (κ3) is 18.3. The van der Waals surface area contributed by atoms with E-state index in [1.165, 1.54) is 83.7 Å². The first-order valence-electron chi connectivity index (χ1n) is 10.9. The van der Waals surface area contributed by atoms with Crippen molar-refractivity contribution in [1.29, 1.82) is 0 Å². The van der Waals surface area contributed by atoms with E-state index in [2.05, 4.69) is 41.9 Å². The summed E-state index contributed by atoms with van der Waals surface area (Å²) in [6, 6.07) is 6.20. The first-order valence-corrected chi connectivity index (χ1v) is 10.9. The van der Waals surface area contributed by atoms with Crippen LogP contribution in [-0.4, -0.2) is 16.9 Å². The summed E-state index contributed by atoms with van der Waals surface area (Å²) < 4.78 is 4.30. The molecule has 0 amide bonds. The molecule has 0 saturated heterocycles. The molecule has 0 unspecified atom stereocenters. The highest BCUT2D eigenvalue weighted by molar-refractivity contribution is 8.93. The molecule has 4 nitrogen and oxygen atoms in total. The molecular weight excluding hydrogens is 442 g/mol. The molecule has 0 N–H and O–H groups in total. The molecule has 0 radical (unpaired) electrons. The fraction of sp³-hybridized carbons (Fsp3) is 0.560. The van der Waals surface area contributed by atoms with Gasteiger partial charge in [0.25, 0.3) is 0 Å². The van der Waals surface area contributed by atoms with Crippen LogP contribution < -0.4 is 0 Å². The van der Waals surface area contributed by atoms with Gasteiger partial charge >= 0.3 is 11.9 Å². The normalized spacial score (nSPS) is 9.57. The highest BCUT2D eigenvalue weighted by Crippen LogP contribution is 2.11. The minimum Gasteiger partial charge on any atom is -0.386 e. The zero-order chi connectivity index (χ0) is 21.9. The fourth-order valence-electron chi connectivity index (χ4n) is 2.60. The monoisotopic (exact) mass is 481 g/mol. The molecule has 1 aromatic rings. The largest absolute Gasteiger partial charge is 0.386 e. The molecule has 0 bridgehead atoms. The van der Waals surface area contributed by atoms with Gasteiger partial charge in [-0.3, -0.25) is 4.98 Å². The summed E-state index contributed by atoms with van der Waals surface area (Å²) in [5.41, 5.74) is 1.64. The number of hydrogen-bond donors (Lipinski definition) is 0. The first-order chi connectivity index (χ1) is 13.9. The van der Waals surface area contributed by atoms with E-state index in [1.807, 2.05) is 12.3 Å². The highest BCUT2D eigenvalue weighted by atomic mass is 79.9. The van der Waals surface area contributed by atoms with Crippen molar-refractivity contribution < 1.29 is 14.3 Å². The second kappa shape index (κ2) is 20.5. The number of ether oxygens (including phenoxy) is 1. The number of esters is 2. The molecular formula is C25H40BrNO3. The summed E-state index contributed by atoms with van der Waals surface area (Å²) in [6.07, 6.45) is 17.1. The Morgan fingerprint density at radius 2 is 1.30 bits per heavy atom. The van der Waals surface area contributed by atoms with Gasteiger partial charge in [-0.15, -0.1) is 17.0 Å². The molecule has 30 heavy (non-hydrogen) atoms. The van der Waals surface area contributed by atoms with Crippen molar-refractivity contribution in [3.63, 3.8) is 0 Å². The van der Waals surface area contributed by atoms with Crippen LogP contribution in [0.2, 0.25) is 0 Å². The van der Waals surface area contributed by atoms with Gasteiger partial charge in [-0.25, -0.2) is 9.59 Å². The van der Waals surface area contributed by atoms with E-state index in [-0.39, 0.29) is 28.1 Å². The minimum absolute atomic E-state index is 0. The van der Waals surface area contributed by atoms with Gasteiger partial charge in [0.2, 0.25) is 0 Å². The van der Waals surface area contributed by atoms with E-state index in [1.54, 1.807) is 0 Å². The number of aryl methyl sites for hydroxylation is 1. The van der Waals surface area contributed by atoms with Crippen molar-refractivity contribution >= 4 is 28.9 Å². The smallest absolute Gasteiger partial charge is 0.340 e. The molecule has 0 spiro atoms.